The molecule has 0 saturated heterocycles. The number of amides is 1. The van der Waals surface area contributed by atoms with Crippen molar-refractivity contribution < 1.29 is 14.1 Å². The Bertz CT molecular complexity index is 428. The van der Waals surface area contributed by atoms with Gasteiger partial charge in [-0.1, -0.05) is 29.3 Å². The van der Waals surface area contributed by atoms with E-state index < -0.39 is 23.1 Å². The lowest BCUT2D eigenvalue weighted by Crippen LogP contribution is -2.36. The van der Waals surface area contributed by atoms with E-state index in [2.05, 4.69) is 4.72 Å². The Balaban J connectivity index is 2.77. The van der Waals surface area contributed by atoms with Gasteiger partial charge >= 0.3 is 6.09 Å². The Morgan fingerprint density at radius 2 is 1.83 bits per heavy atom. The molecule has 0 fully saturated rings. The fourth-order valence-corrected chi connectivity index (χ4v) is 2.69. The summed E-state index contributed by atoms with van der Waals surface area (Å²) in [6.45, 7) is 5.12. The second kappa shape index (κ2) is 6.02. The Hall–Kier alpha value is -0.620. The van der Waals surface area contributed by atoms with Crippen LogP contribution in [-0.2, 0) is 16.1 Å². The average Bonchev–Trinajstić information content (AvgIpc) is 2.13. The summed E-state index contributed by atoms with van der Waals surface area (Å²) in [5.41, 5.74) is -0.668. The molecule has 0 aliphatic heterocycles. The quantitative estimate of drug-likeness (QED) is 0.850. The van der Waals surface area contributed by atoms with Gasteiger partial charge in [0, 0.05) is 0 Å². The maximum absolute atomic E-state index is 11.9. The molecule has 1 aromatic rings. The molecule has 7 heteroatoms. The molecular formula is C11H13Cl2NO3S. The van der Waals surface area contributed by atoms with Gasteiger partial charge in [0.05, 0.1) is 10.0 Å². The topological polar surface area (TPSA) is 61.4 Å². The highest BCUT2D eigenvalue weighted by molar-refractivity contribution is 7.90. The van der Waals surface area contributed by atoms with Crippen molar-refractivity contribution in [1.82, 2.24) is 4.72 Å². The molecule has 4 nitrogen and oxygen atoms in total. The van der Waals surface area contributed by atoms with E-state index in [1.807, 2.05) is 0 Å². The van der Waals surface area contributed by atoms with Crippen LogP contribution in [0.15, 0.2) is 23.1 Å². The molecule has 1 amide bonds. The van der Waals surface area contributed by atoms with E-state index >= 15 is 0 Å². The third-order valence-electron chi connectivity index (χ3n) is 1.68. The Kier molecular flexibility index (Phi) is 5.16. The molecule has 1 rings (SSSR count). The molecule has 1 aromatic carbocycles. The van der Waals surface area contributed by atoms with Crippen molar-refractivity contribution in [2.24, 2.45) is 0 Å². The largest absolute Gasteiger partial charge is 0.588 e. The van der Waals surface area contributed by atoms with Gasteiger partial charge in [-0.05, 0) is 32.9 Å². The first kappa shape index (κ1) is 15.4. The van der Waals surface area contributed by atoms with Crippen LogP contribution in [0.1, 0.15) is 20.8 Å². The lowest BCUT2D eigenvalue weighted by atomic mass is 10.2. The van der Waals surface area contributed by atoms with Gasteiger partial charge < -0.3 is 9.29 Å². The Morgan fingerprint density at radius 3 is 2.28 bits per heavy atom. The van der Waals surface area contributed by atoms with Crippen LogP contribution in [-0.4, -0.2) is 16.2 Å². The molecule has 18 heavy (non-hydrogen) atoms. The van der Waals surface area contributed by atoms with Crippen LogP contribution >= 0.6 is 23.2 Å². The number of carbonyl (C=O) groups excluding carboxylic acids is 1. The van der Waals surface area contributed by atoms with Gasteiger partial charge in [-0.15, -0.1) is 4.72 Å². The maximum atomic E-state index is 11.9. The highest BCUT2D eigenvalue weighted by Crippen LogP contribution is 2.28. The van der Waals surface area contributed by atoms with Gasteiger partial charge in [0.25, 0.3) is 0 Å². The zero-order valence-electron chi connectivity index (χ0n) is 10.1. The van der Waals surface area contributed by atoms with Crippen molar-refractivity contribution in [1.29, 1.82) is 0 Å². The predicted octanol–water partition coefficient (Wildman–Crippen LogP) is 3.54. The number of halogens is 2. The van der Waals surface area contributed by atoms with Gasteiger partial charge in [0.1, 0.15) is 17.0 Å². The molecule has 0 radical (unpaired) electrons. The predicted molar refractivity (Wildman–Crippen MR) is 72.2 cm³/mol. The van der Waals surface area contributed by atoms with Crippen LogP contribution in [0.2, 0.25) is 10.0 Å². The second-order valence-corrected chi connectivity index (χ2v) is 6.39. The highest BCUT2D eigenvalue weighted by atomic mass is 35.5. The molecule has 100 valence electrons. The van der Waals surface area contributed by atoms with Gasteiger partial charge in [-0.25, -0.2) is 4.79 Å². The van der Waals surface area contributed by atoms with E-state index in [9.17, 15) is 9.35 Å². The smallest absolute Gasteiger partial charge is 0.449 e. The molecule has 0 heterocycles. The summed E-state index contributed by atoms with van der Waals surface area (Å²) in [6.07, 6.45) is -0.795. The molecule has 0 spiro atoms. The molecule has 0 bridgehead atoms. The van der Waals surface area contributed by atoms with Crippen LogP contribution in [0.3, 0.4) is 0 Å². The number of benzene rings is 1. The first-order valence-electron chi connectivity index (χ1n) is 5.06. The van der Waals surface area contributed by atoms with Gasteiger partial charge in [0.15, 0.2) is 0 Å². The van der Waals surface area contributed by atoms with Gasteiger partial charge in [-0.3, -0.25) is 0 Å². The minimum atomic E-state index is -1.86. The number of hydrogen-bond donors (Lipinski definition) is 1. The summed E-state index contributed by atoms with van der Waals surface area (Å²) in [5.74, 6) is 0. The van der Waals surface area contributed by atoms with Crippen LogP contribution < -0.4 is 4.72 Å². The first-order valence-corrected chi connectivity index (χ1v) is 6.97. The molecule has 0 aliphatic rings. The van der Waals surface area contributed by atoms with Crippen LogP contribution in [0.4, 0.5) is 4.79 Å². The normalized spacial score (nSPS) is 13.0. The summed E-state index contributed by atoms with van der Waals surface area (Å²) in [7, 11) is 0. The fraction of sp³-hybridized carbons (Fsp3) is 0.364. The lowest BCUT2D eigenvalue weighted by molar-refractivity contribution is 0.0570. The fourth-order valence-electron chi connectivity index (χ4n) is 1.09. The second-order valence-electron chi connectivity index (χ2n) is 4.42. The maximum Gasteiger partial charge on any atom is 0.449 e. The van der Waals surface area contributed by atoms with Crippen molar-refractivity contribution in [2.45, 2.75) is 31.3 Å². The van der Waals surface area contributed by atoms with Crippen LogP contribution in [0.25, 0.3) is 0 Å². The first-order chi connectivity index (χ1) is 8.20. The van der Waals surface area contributed by atoms with E-state index in [1.54, 1.807) is 26.8 Å². The van der Waals surface area contributed by atoms with Crippen LogP contribution in [0, 0.1) is 0 Å². The standard InChI is InChI=1S/C11H13Cl2NO3S/c1-11(2,3)17-10(15)14-18(16)9-7(12)5-4-6-8(9)13/h4-6H,1-3H3,(H,14,15). The van der Waals surface area contributed by atoms with Gasteiger partial charge in [0.2, 0.25) is 4.90 Å². The monoisotopic (exact) mass is 309 g/mol. The van der Waals surface area contributed by atoms with Crippen LogP contribution in [0.5, 0.6) is 0 Å². The number of rotatable bonds is 2. The molecule has 1 N–H and O–H groups in total. The summed E-state index contributed by atoms with van der Waals surface area (Å²) >= 11 is 9.88. The average molecular weight is 310 g/mol. The highest BCUT2D eigenvalue weighted by Gasteiger charge is 2.25. The number of carbonyl (C=O) groups is 1. The Morgan fingerprint density at radius 1 is 1.33 bits per heavy atom. The SMILES string of the molecule is CC(C)(C)OC(=O)N[S+]([O-])c1c(Cl)cccc1Cl. The molecule has 1 unspecified atom stereocenters. The zero-order chi connectivity index (χ0) is 13.9. The zero-order valence-corrected chi connectivity index (χ0v) is 12.4. The van der Waals surface area contributed by atoms with Crippen molar-refractivity contribution >= 4 is 40.7 Å². The molecular weight excluding hydrogens is 297 g/mol. The van der Waals surface area contributed by atoms with E-state index in [0.717, 1.165) is 0 Å². The van der Waals surface area contributed by atoms with Gasteiger partial charge in [-0.2, -0.15) is 0 Å². The molecule has 0 aromatic heterocycles. The van der Waals surface area contributed by atoms with Crippen molar-refractivity contribution in [2.75, 3.05) is 0 Å². The van der Waals surface area contributed by atoms with E-state index in [1.165, 1.54) is 12.1 Å². The molecule has 1 atom stereocenters. The summed E-state index contributed by atoms with van der Waals surface area (Å²) in [6, 6.07) is 4.70. The molecule has 0 aliphatic carbocycles. The summed E-state index contributed by atoms with van der Waals surface area (Å²) in [4.78, 5) is 11.6. The summed E-state index contributed by atoms with van der Waals surface area (Å²) in [5, 5.41) is 0.439. The van der Waals surface area contributed by atoms with Crippen molar-refractivity contribution in [3.8, 4) is 0 Å². The third kappa shape index (κ3) is 4.57. The number of nitrogens with one attached hydrogen (secondary N) is 1. The summed E-state index contributed by atoms with van der Waals surface area (Å²) < 4.78 is 19.1. The lowest BCUT2D eigenvalue weighted by Gasteiger charge is -2.20. The van der Waals surface area contributed by atoms with Crippen molar-refractivity contribution in [3.05, 3.63) is 28.2 Å². The van der Waals surface area contributed by atoms with E-state index in [4.69, 9.17) is 27.9 Å². The minimum absolute atomic E-state index is 0.159. The van der Waals surface area contributed by atoms with Crippen molar-refractivity contribution in [3.63, 3.8) is 0 Å². The number of ether oxygens (including phenoxy) is 1. The van der Waals surface area contributed by atoms with E-state index in [-0.39, 0.29) is 14.9 Å². The van der Waals surface area contributed by atoms with E-state index in [0.29, 0.717) is 0 Å². The third-order valence-corrected chi connectivity index (χ3v) is 3.70. The Labute approximate surface area is 119 Å². The minimum Gasteiger partial charge on any atom is -0.588 e. The number of hydrogen-bond acceptors (Lipinski definition) is 3. The molecule has 0 saturated carbocycles.